The molecule has 4 rings (SSSR count). The van der Waals surface area contributed by atoms with Crippen molar-refractivity contribution in [3.8, 4) is 5.75 Å². The van der Waals surface area contributed by atoms with E-state index < -0.39 is 10.0 Å². The summed E-state index contributed by atoms with van der Waals surface area (Å²) >= 11 is 0. The van der Waals surface area contributed by atoms with Gasteiger partial charge in [0.25, 0.3) is 0 Å². The van der Waals surface area contributed by atoms with Gasteiger partial charge in [-0.15, -0.1) is 0 Å². The lowest BCUT2D eigenvalue weighted by atomic mass is 9.98. The van der Waals surface area contributed by atoms with Crippen molar-refractivity contribution in [3.05, 3.63) is 42.5 Å². The van der Waals surface area contributed by atoms with Crippen molar-refractivity contribution in [2.75, 3.05) is 13.1 Å². The third kappa shape index (κ3) is 4.25. The molecule has 0 spiro atoms. The second-order valence-electron chi connectivity index (χ2n) is 7.97. The maximum absolute atomic E-state index is 13.0. The first-order valence-electron chi connectivity index (χ1n) is 10.3. The molecule has 2 aromatic rings. The van der Waals surface area contributed by atoms with Crippen molar-refractivity contribution < 1.29 is 13.2 Å². The predicted octanol–water partition coefficient (Wildman–Crippen LogP) is 3.61. The van der Waals surface area contributed by atoms with Gasteiger partial charge in [0.1, 0.15) is 11.6 Å². The van der Waals surface area contributed by atoms with Crippen molar-refractivity contribution >= 4 is 10.0 Å². The van der Waals surface area contributed by atoms with E-state index in [0.717, 1.165) is 43.8 Å². The number of rotatable bonds is 6. The number of aryl methyl sites for hydroxylation is 1. The van der Waals surface area contributed by atoms with E-state index in [2.05, 4.69) is 9.55 Å². The molecule has 7 heteroatoms. The molecule has 1 aromatic heterocycles. The summed E-state index contributed by atoms with van der Waals surface area (Å²) in [6, 6.07) is 6.95. The van der Waals surface area contributed by atoms with Gasteiger partial charge in [-0.1, -0.05) is 0 Å². The van der Waals surface area contributed by atoms with Crippen LogP contribution in [-0.2, 0) is 16.6 Å². The lowest BCUT2D eigenvalue weighted by Gasteiger charge is -2.31. The normalized spacial score (nSPS) is 19.9. The van der Waals surface area contributed by atoms with Gasteiger partial charge in [0, 0.05) is 32.0 Å². The summed E-state index contributed by atoms with van der Waals surface area (Å²) in [6.07, 6.45) is 10.4. The minimum Gasteiger partial charge on any atom is -0.490 e. The van der Waals surface area contributed by atoms with E-state index in [-0.39, 0.29) is 6.10 Å². The maximum atomic E-state index is 13.0. The van der Waals surface area contributed by atoms with Gasteiger partial charge in [-0.25, -0.2) is 13.4 Å². The van der Waals surface area contributed by atoms with Crippen LogP contribution in [0.5, 0.6) is 5.75 Å². The molecule has 0 bridgehead atoms. The molecule has 2 aliphatic rings. The Morgan fingerprint density at radius 2 is 1.75 bits per heavy atom. The van der Waals surface area contributed by atoms with Gasteiger partial charge in [0.15, 0.2) is 0 Å². The second kappa shape index (κ2) is 8.25. The Balaban J connectivity index is 1.35. The molecule has 2 fully saturated rings. The van der Waals surface area contributed by atoms with Crippen LogP contribution in [0.3, 0.4) is 0 Å². The van der Waals surface area contributed by atoms with Gasteiger partial charge < -0.3 is 9.30 Å². The Morgan fingerprint density at radius 1 is 1.07 bits per heavy atom. The van der Waals surface area contributed by atoms with Crippen molar-refractivity contribution in [2.45, 2.75) is 63.0 Å². The van der Waals surface area contributed by atoms with E-state index in [1.807, 2.05) is 19.3 Å². The summed E-state index contributed by atoms with van der Waals surface area (Å²) < 4.78 is 35.7. The first-order chi connectivity index (χ1) is 13.5. The second-order valence-corrected chi connectivity index (χ2v) is 9.91. The van der Waals surface area contributed by atoms with Crippen LogP contribution in [0.1, 0.15) is 44.3 Å². The molecule has 6 nitrogen and oxygen atoms in total. The summed E-state index contributed by atoms with van der Waals surface area (Å²) in [4.78, 5) is 4.62. The molecule has 28 heavy (non-hydrogen) atoms. The van der Waals surface area contributed by atoms with E-state index in [9.17, 15) is 8.42 Å². The highest BCUT2D eigenvalue weighted by molar-refractivity contribution is 7.89. The van der Waals surface area contributed by atoms with Crippen LogP contribution in [0.25, 0.3) is 0 Å². The number of benzene rings is 1. The summed E-state index contributed by atoms with van der Waals surface area (Å²) in [5.74, 6) is 2.26. The Labute approximate surface area is 167 Å². The highest BCUT2D eigenvalue weighted by atomic mass is 32.2. The van der Waals surface area contributed by atoms with Gasteiger partial charge in [-0.05, 0) is 75.6 Å². The average molecular weight is 404 g/mol. The molecular formula is C21H29N3O3S. The lowest BCUT2D eigenvalue weighted by molar-refractivity contribution is 0.210. The molecule has 1 aliphatic heterocycles. The zero-order valence-electron chi connectivity index (χ0n) is 16.5. The first-order valence-corrected chi connectivity index (χ1v) is 11.7. The zero-order valence-corrected chi connectivity index (χ0v) is 17.3. The van der Waals surface area contributed by atoms with Crippen molar-refractivity contribution in [3.63, 3.8) is 0 Å². The molecule has 0 atom stereocenters. The van der Waals surface area contributed by atoms with E-state index in [0.29, 0.717) is 23.9 Å². The number of piperidine rings is 1. The summed E-state index contributed by atoms with van der Waals surface area (Å²) in [7, 11) is -3.44. The number of hydrogen-bond donors (Lipinski definition) is 0. The quantitative estimate of drug-likeness (QED) is 0.739. The monoisotopic (exact) mass is 403 g/mol. The molecular weight excluding hydrogens is 374 g/mol. The van der Waals surface area contributed by atoms with E-state index in [1.165, 1.54) is 12.8 Å². The Bertz CT molecular complexity index is 878. The first kappa shape index (κ1) is 19.5. The molecule has 1 aromatic carbocycles. The van der Waals surface area contributed by atoms with Crippen molar-refractivity contribution in [1.29, 1.82) is 0 Å². The summed E-state index contributed by atoms with van der Waals surface area (Å²) in [5, 5.41) is 0. The molecule has 2 heterocycles. The van der Waals surface area contributed by atoms with Crippen molar-refractivity contribution in [2.24, 2.45) is 5.92 Å². The minimum atomic E-state index is -3.44. The smallest absolute Gasteiger partial charge is 0.243 e. The van der Waals surface area contributed by atoms with E-state index in [1.54, 1.807) is 28.6 Å². The third-order valence-corrected chi connectivity index (χ3v) is 7.93. The van der Waals surface area contributed by atoms with Crippen LogP contribution in [0.4, 0.5) is 0 Å². The van der Waals surface area contributed by atoms with Gasteiger partial charge in [-0.2, -0.15) is 4.31 Å². The summed E-state index contributed by atoms with van der Waals surface area (Å²) in [5.41, 5.74) is 0. The van der Waals surface area contributed by atoms with Gasteiger partial charge >= 0.3 is 0 Å². The highest BCUT2D eigenvalue weighted by Crippen LogP contribution is 2.28. The van der Waals surface area contributed by atoms with Gasteiger partial charge in [0.05, 0.1) is 11.0 Å². The molecule has 0 N–H and O–H groups in total. The number of sulfonamides is 1. The number of aromatic nitrogens is 2. The Morgan fingerprint density at radius 3 is 2.36 bits per heavy atom. The standard InChI is InChI=1S/C21H29N3O3S/c1-17-22-12-15-23(17)16-18-10-13-24(14-11-18)28(25,26)21-8-6-20(7-9-21)27-19-4-2-3-5-19/h6-9,12,15,18-19H,2-5,10-11,13-14,16H2,1H3. The van der Waals surface area contributed by atoms with Gasteiger partial charge in [-0.3, -0.25) is 0 Å². The van der Waals surface area contributed by atoms with Crippen LogP contribution >= 0.6 is 0 Å². The fourth-order valence-electron chi connectivity index (χ4n) is 4.24. The predicted molar refractivity (Wildman–Crippen MR) is 108 cm³/mol. The molecule has 1 aliphatic carbocycles. The van der Waals surface area contributed by atoms with Crippen molar-refractivity contribution in [1.82, 2.24) is 13.9 Å². The van der Waals surface area contributed by atoms with Crippen LogP contribution in [0.15, 0.2) is 41.6 Å². The SMILES string of the molecule is Cc1nccn1CC1CCN(S(=O)(=O)c2ccc(OC3CCCC3)cc2)CC1. The molecule has 152 valence electrons. The topological polar surface area (TPSA) is 64.4 Å². The fraction of sp³-hybridized carbons (Fsp3) is 0.571. The molecule has 0 unspecified atom stereocenters. The largest absolute Gasteiger partial charge is 0.490 e. The summed E-state index contributed by atoms with van der Waals surface area (Å²) in [6.45, 7) is 4.05. The van der Waals surface area contributed by atoms with Crippen LogP contribution in [0.2, 0.25) is 0 Å². The molecule has 0 amide bonds. The van der Waals surface area contributed by atoms with E-state index in [4.69, 9.17) is 4.74 Å². The molecule has 1 saturated heterocycles. The number of hydrogen-bond acceptors (Lipinski definition) is 4. The Hall–Kier alpha value is -1.86. The maximum Gasteiger partial charge on any atom is 0.243 e. The van der Waals surface area contributed by atoms with Crippen LogP contribution < -0.4 is 4.74 Å². The Kier molecular flexibility index (Phi) is 5.73. The van der Waals surface area contributed by atoms with Crippen LogP contribution in [-0.4, -0.2) is 41.5 Å². The average Bonchev–Trinajstić information content (AvgIpc) is 3.35. The van der Waals surface area contributed by atoms with E-state index >= 15 is 0 Å². The number of nitrogens with zero attached hydrogens (tertiary/aromatic N) is 3. The minimum absolute atomic E-state index is 0.278. The number of ether oxygens (including phenoxy) is 1. The lowest BCUT2D eigenvalue weighted by Crippen LogP contribution is -2.39. The van der Waals surface area contributed by atoms with Gasteiger partial charge in [0.2, 0.25) is 10.0 Å². The number of imidazole rings is 1. The zero-order chi connectivity index (χ0) is 19.6. The third-order valence-electron chi connectivity index (χ3n) is 6.02. The highest BCUT2D eigenvalue weighted by Gasteiger charge is 2.29. The molecule has 0 radical (unpaired) electrons. The molecule has 1 saturated carbocycles. The fourth-order valence-corrected chi connectivity index (χ4v) is 5.71. The van der Waals surface area contributed by atoms with Crippen LogP contribution in [0, 0.1) is 12.8 Å².